The summed E-state index contributed by atoms with van der Waals surface area (Å²) in [5.41, 5.74) is 2.14. The molecule has 0 spiro atoms. The molecule has 0 aromatic carbocycles. The number of hydrogen-bond donors (Lipinski definition) is 0. The van der Waals surface area contributed by atoms with E-state index in [2.05, 4.69) is 10.1 Å². The van der Waals surface area contributed by atoms with Crippen molar-refractivity contribution in [2.75, 3.05) is 0 Å². The molecule has 5 nitrogen and oxygen atoms in total. The first-order valence-corrected chi connectivity index (χ1v) is 5.96. The number of hydrogen-bond acceptors (Lipinski definition) is 3. The number of carbonyl (C=O) groups is 1. The average molecular weight is 242 g/mol. The van der Waals surface area contributed by atoms with Crippen molar-refractivity contribution in [2.24, 2.45) is 0 Å². The van der Waals surface area contributed by atoms with Crippen molar-refractivity contribution in [3.05, 3.63) is 48.0 Å². The Bertz CT molecular complexity index is 539. The van der Waals surface area contributed by atoms with Crippen molar-refractivity contribution in [2.45, 2.75) is 26.1 Å². The van der Waals surface area contributed by atoms with Crippen LogP contribution >= 0.6 is 0 Å². The monoisotopic (exact) mass is 242 g/mol. The zero-order valence-electron chi connectivity index (χ0n) is 10.2. The molecule has 0 N–H and O–H groups in total. The molecule has 5 heteroatoms. The Morgan fingerprint density at radius 3 is 2.94 bits per heavy atom. The van der Waals surface area contributed by atoms with Gasteiger partial charge in [-0.3, -0.25) is 14.5 Å². The van der Waals surface area contributed by atoms with E-state index in [1.807, 2.05) is 36.2 Å². The molecular formula is C13H14N4O. The average Bonchev–Trinajstić information content (AvgIpc) is 3.05. The van der Waals surface area contributed by atoms with Gasteiger partial charge in [0.15, 0.2) is 0 Å². The summed E-state index contributed by atoms with van der Waals surface area (Å²) in [6.45, 7) is 3.11. The Balaban J connectivity index is 1.76. The summed E-state index contributed by atoms with van der Waals surface area (Å²) in [5.74, 6) is 0.0803. The van der Waals surface area contributed by atoms with E-state index in [4.69, 9.17) is 0 Å². The van der Waals surface area contributed by atoms with Crippen LogP contribution in [0, 0.1) is 0 Å². The van der Waals surface area contributed by atoms with E-state index in [1.165, 1.54) is 0 Å². The maximum atomic E-state index is 12.3. The van der Waals surface area contributed by atoms with Crippen molar-refractivity contribution < 1.29 is 4.79 Å². The van der Waals surface area contributed by atoms with Crippen LogP contribution in [-0.4, -0.2) is 25.6 Å². The highest BCUT2D eigenvalue weighted by Crippen LogP contribution is 2.22. The highest BCUT2D eigenvalue weighted by molar-refractivity contribution is 5.80. The smallest absolute Gasteiger partial charge is 0.247 e. The summed E-state index contributed by atoms with van der Waals surface area (Å²) in [7, 11) is 0. The molecule has 18 heavy (non-hydrogen) atoms. The third kappa shape index (κ3) is 1.77. The fraction of sp³-hybridized carbons (Fsp3) is 0.308. The summed E-state index contributed by atoms with van der Waals surface area (Å²) in [6, 6.07) is 5.48. The molecule has 1 aliphatic heterocycles. The predicted octanol–water partition coefficient (Wildman–Crippen LogP) is 1.38. The molecule has 1 unspecified atom stereocenters. The van der Waals surface area contributed by atoms with Gasteiger partial charge in [-0.1, -0.05) is 6.07 Å². The van der Waals surface area contributed by atoms with E-state index < -0.39 is 0 Å². The summed E-state index contributed by atoms with van der Waals surface area (Å²) in [6.07, 6.45) is 5.26. The molecule has 0 saturated carbocycles. The second kappa shape index (κ2) is 4.25. The van der Waals surface area contributed by atoms with Crippen LogP contribution in [0.4, 0.5) is 0 Å². The van der Waals surface area contributed by atoms with Gasteiger partial charge in [0.2, 0.25) is 5.91 Å². The van der Waals surface area contributed by atoms with Crippen LogP contribution in [0.3, 0.4) is 0 Å². The molecule has 0 saturated heterocycles. The van der Waals surface area contributed by atoms with Crippen LogP contribution in [0.25, 0.3) is 0 Å². The fourth-order valence-corrected chi connectivity index (χ4v) is 2.24. The van der Waals surface area contributed by atoms with Gasteiger partial charge in [0, 0.05) is 25.1 Å². The lowest BCUT2D eigenvalue weighted by molar-refractivity contribution is -0.135. The lowest BCUT2D eigenvalue weighted by Gasteiger charge is -2.20. The summed E-state index contributed by atoms with van der Waals surface area (Å²) < 4.78 is 1.68. The van der Waals surface area contributed by atoms with Crippen LogP contribution in [0.5, 0.6) is 0 Å². The van der Waals surface area contributed by atoms with Gasteiger partial charge in [-0.05, 0) is 24.6 Å². The summed E-state index contributed by atoms with van der Waals surface area (Å²) in [5, 5.41) is 4.11. The van der Waals surface area contributed by atoms with E-state index in [-0.39, 0.29) is 11.9 Å². The molecule has 0 aliphatic carbocycles. The van der Waals surface area contributed by atoms with Gasteiger partial charge in [-0.2, -0.15) is 5.10 Å². The molecule has 3 rings (SSSR count). The minimum absolute atomic E-state index is 0.0803. The van der Waals surface area contributed by atoms with Gasteiger partial charge in [0.1, 0.15) is 6.04 Å². The third-order valence-electron chi connectivity index (χ3n) is 3.28. The lowest BCUT2D eigenvalue weighted by Crippen LogP contribution is -2.32. The number of amides is 1. The fourth-order valence-electron chi connectivity index (χ4n) is 2.24. The highest BCUT2D eigenvalue weighted by Gasteiger charge is 2.28. The van der Waals surface area contributed by atoms with Crippen LogP contribution in [0.2, 0.25) is 0 Å². The molecular weight excluding hydrogens is 228 g/mol. The van der Waals surface area contributed by atoms with E-state index >= 15 is 0 Å². The summed E-state index contributed by atoms with van der Waals surface area (Å²) >= 11 is 0. The first-order valence-electron chi connectivity index (χ1n) is 5.96. The molecule has 0 bridgehead atoms. The summed E-state index contributed by atoms with van der Waals surface area (Å²) in [4.78, 5) is 18.5. The second-order valence-corrected chi connectivity index (χ2v) is 4.47. The Labute approximate surface area is 105 Å². The van der Waals surface area contributed by atoms with Crippen LogP contribution in [0.1, 0.15) is 24.2 Å². The van der Waals surface area contributed by atoms with Crippen LogP contribution in [-0.2, 0) is 17.9 Å². The van der Waals surface area contributed by atoms with E-state index in [0.29, 0.717) is 13.1 Å². The highest BCUT2D eigenvalue weighted by atomic mass is 16.2. The van der Waals surface area contributed by atoms with Gasteiger partial charge in [-0.25, -0.2) is 0 Å². The maximum absolute atomic E-state index is 12.3. The molecule has 1 atom stereocenters. The number of pyridine rings is 1. The van der Waals surface area contributed by atoms with Crippen molar-refractivity contribution in [1.29, 1.82) is 0 Å². The maximum Gasteiger partial charge on any atom is 0.247 e. The second-order valence-electron chi connectivity index (χ2n) is 4.47. The first-order chi connectivity index (χ1) is 8.75. The Kier molecular flexibility index (Phi) is 2.59. The molecule has 0 fully saturated rings. The number of carbonyl (C=O) groups excluding carboxylic acids is 1. The number of nitrogens with zero attached hydrogens (tertiary/aromatic N) is 4. The first kappa shape index (κ1) is 11.0. The topological polar surface area (TPSA) is 51.0 Å². The Hall–Kier alpha value is -2.17. The molecule has 0 radical (unpaired) electrons. The van der Waals surface area contributed by atoms with E-state index in [0.717, 1.165) is 11.3 Å². The quantitative estimate of drug-likeness (QED) is 0.799. The van der Waals surface area contributed by atoms with E-state index in [9.17, 15) is 4.79 Å². The zero-order valence-corrected chi connectivity index (χ0v) is 10.2. The van der Waals surface area contributed by atoms with Gasteiger partial charge >= 0.3 is 0 Å². The largest absolute Gasteiger partial charge is 0.331 e. The normalized spacial score (nSPS) is 15.5. The molecule has 1 aliphatic rings. The molecule has 92 valence electrons. The Morgan fingerprint density at radius 2 is 2.22 bits per heavy atom. The minimum Gasteiger partial charge on any atom is -0.331 e. The van der Waals surface area contributed by atoms with Gasteiger partial charge < -0.3 is 4.90 Å². The SMILES string of the molecule is CC(C(=O)N1Cc2cccnc2C1)n1cccn1. The standard InChI is InChI=1S/C13H14N4O/c1-10(17-7-3-6-15-17)13(18)16-8-11-4-2-5-14-12(11)9-16/h2-7,10H,8-9H2,1H3. The van der Waals surface area contributed by atoms with E-state index in [1.54, 1.807) is 17.1 Å². The Morgan fingerprint density at radius 1 is 1.33 bits per heavy atom. The number of rotatable bonds is 2. The number of aromatic nitrogens is 3. The van der Waals surface area contributed by atoms with Gasteiger partial charge in [0.05, 0.1) is 12.2 Å². The van der Waals surface area contributed by atoms with Crippen molar-refractivity contribution >= 4 is 5.91 Å². The third-order valence-corrected chi connectivity index (χ3v) is 3.28. The molecule has 2 aromatic heterocycles. The molecule has 2 aromatic rings. The molecule has 1 amide bonds. The van der Waals surface area contributed by atoms with Gasteiger partial charge in [-0.15, -0.1) is 0 Å². The van der Waals surface area contributed by atoms with Gasteiger partial charge in [0.25, 0.3) is 0 Å². The van der Waals surface area contributed by atoms with Crippen LogP contribution in [0.15, 0.2) is 36.8 Å². The van der Waals surface area contributed by atoms with Crippen LogP contribution < -0.4 is 0 Å². The van der Waals surface area contributed by atoms with Crippen molar-refractivity contribution in [1.82, 2.24) is 19.7 Å². The zero-order chi connectivity index (χ0) is 12.5. The predicted molar refractivity (Wildman–Crippen MR) is 65.4 cm³/mol. The lowest BCUT2D eigenvalue weighted by atomic mass is 10.2. The minimum atomic E-state index is -0.269. The number of fused-ring (bicyclic) bond motifs is 1. The molecule has 3 heterocycles. The van der Waals surface area contributed by atoms with Crippen molar-refractivity contribution in [3.8, 4) is 0 Å². The van der Waals surface area contributed by atoms with Crippen molar-refractivity contribution in [3.63, 3.8) is 0 Å².